The van der Waals surface area contributed by atoms with E-state index in [-0.39, 0.29) is 58.0 Å². The molecule has 0 saturated heterocycles. The Bertz CT molecular complexity index is 1850. The number of ether oxygens (including phenoxy) is 2. The van der Waals surface area contributed by atoms with Crippen LogP contribution in [0.5, 0.6) is 11.5 Å². The van der Waals surface area contributed by atoms with E-state index in [0.29, 0.717) is 0 Å². The Labute approximate surface area is 262 Å². The Hall–Kier alpha value is -6.42. The van der Waals surface area contributed by atoms with Gasteiger partial charge in [-0.2, -0.15) is 0 Å². The predicted molar refractivity (Wildman–Crippen MR) is 166 cm³/mol. The number of esters is 2. The van der Waals surface area contributed by atoms with Crippen molar-refractivity contribution < 1.29 is 38.2 Å². The molecule has 46 heavy (non-hydrogen) atoms. The number of imide groups is 2. The summed E-state index contributed by atoms with van der Waals surface area (Å²) in [4.78, 5) is 77.7. The highest BCUT2D eigenvalue weighted by atomic mass is 16.5. The Balaban J connectivity index is 1.09. The fourth-order valence-electron chi connectivity index (χ4n) is 5.19. The first-order chi connectivity index (χ1) is 22.2. The van der Waals surface area contributed by atoms with Gasteiger partial charge in [0.2, 0.25) is 0 Å². The van der Waals surface area contributed by atoms with Gasteiger partial charge in [0, 0.05) is 13.1 Å². The number of amides is 4. The summed E-state index contributed by atoms with van der Waals surface area (Å²) in [6.07, 6.45) is 2.91. The van der Waals surface area contributed by atoms with Gasteiger partial charge in [-0.3, -0.25) is 29.0 Å². The number of carbonyl (C=O) groups is 6. The van der Waals surface area contributed by atoms with E-state index in [4.69, 9.17) is 9.47 Å². The predicted octanol–water partition coefficient (Wildman–Crippen LogP) is 5.36. The molecule has 4 amide bonds. The molecule has 226 valence electrons. The molecule has 0 N–H and O–H groups in total. The Kier molecular flexibility index (Phi) is 7.69. The molecule has 2 heterocycles. The van der Waals surface area contributed by atoms with Gasteiger partial charge in [-0.15, -0.1) is 13.2 Å². The minimum atomic E-state index is -0.683. The van der Waals surface area contributed by atoms with Gasteiger partial charge in [0.25, 0.3) is 23.6 Å². The molecule has 0 atom stereocenters. The second-order valence-corrected chi connectivity index (χ2v) is 10.4. The molecule has 10 nitrogen and oxygen atoms in total. The van der Waals surface area contributed by atoms with Gasteiger partial charge in [-0.05, 0) is 71.8 Å². The summed E-state index contributed by atoms with van der Waals surface area (Å²) in [5, 5.41) is 0. The topological polar surface area (TPSA) is 127 Å². The number of nitrogens with zero attached hydrogens (tertiary/aromatic N) is 2. The molecule has 0 unspecified atom stereocenters. The molecule has 0 spiro atoms. The number of fused-ring (bicyclic) bond motifs is 2. The van der Waals surface area contributed by atoms with E-state index >= 15 is 0 Å². The van der Waals surface area contributed by atoms with Gasteiger partial charge < -0.3 is 9.47 Å². The molecule has 0 saturated carbocycles. The van der Waals surface area contributed by atoms with Gasteiger partial charge in [0.15, 0.2) is 0 Å². The summed E-state index contributed by atoms with van der Waals surface area (Å²) in [6.45, 7) is 7.27. The maximum Gasteiger partial charge on any atom is 0.343 e. The summed E-state index contributed by atoms with van der Waals surface area (Å²) in [5.41, 5.74) is 2.58. The first-order valence-electron chi connectivity index (χ1n) is 14.1. The molecule has 0 radical (unpaired) electrons. The Morgan fingerprint density at radius 1 is 0.522 bits per heavy atom. The van der Waals surface area contributed by atoms with Gasteiger partial charge in [0.05, 0.1) is 33.4 Å². The van der Waals surface area contributed by atoms with E-state index in [0.717, 1.165) is 20.9 Å². The van der Waals surface area contributed by atoms with Crippen molar-refractivity contribution in [1.82, 2.24) is 9.80 Å². The van der Waals surface area contributed by atoms with Crippen LogP contribution in [0.15, 0.2) is 110 Å². The second kappa shape index (κ2) is 11.9. The van der Waals surface area contributed by atoms with Gasteiger partial charge >= 0.3 is 11.9 Å². The summed E-state index contributed by atoms with van der Waals surface area (Å²) in [6, 6.07) is 21.9. The lowest BCUT2D eigenvalue weighted by Gasteiger charge is -2.09. The minimum absolute atomic E-state index is 0.0741. The molecule has 0 aliphatic carbocycles. The summed E-state index contributed by atoms with van der Waals surface area (Å²) in [5.74, 6) is -2.67. The smallest absolute Gasteiger partial charge is 0.343 e. The third kappa shape index (κ3) is 5.28. The third-order valence-electron chi connectivity index (χ3n) is 7.50. The van der Waals surface area contributed by atoms with Crippen LogP contribution in [-0.4, -0.2) is 58.5 Å². The van der Waals surface area contributed by atoms with Crippen LogP contribution in [0.25, 0.3) is 11.1 Å². The number of hydrogen-bond donors (Lipinski definition) is 0. The van der Waals surface area contributed by atoms with E-state index in [1.807, 2.05) is 0 Å². The summed E-state index contributed by atoms with van der Waals surface area (Å²) < 4.78 is 11.0. The SMILES string of the molecule is C=CCN1C(=O)c2ccc(C(=O)Oc3ccc(-c4ccc(OC(=O)c5ccc6c(c5)C(=O)N(CC=C)C6=O)cc4)cc3)cc2C1=O. The molecule has 2 aliphatic heterocycles. The maximum atomic E-state index is 12.8. The lowest BCUT2D eigenvalue weighted by Crippen LogP contribution is -2.29. The minimum Gasteiger partial charge on any atom is -0.423 e. The highest BCUT2D eigenvalue weighted by Crippen LogP contribution is 2.28. The molecule has 0 bridgehead atoms. The van der Waals surface area contributed by atoms with Crippen LogP contribution in [0.4, 0.5) is 0 Å². The quantitative estimate of drug-likeness (QED) is 0.107. The van der Waals surface area contributed by atoms with E-state index in [1.165, 1.54) is 48.6 Å². The van der Waals surface area contributed by atoms with Crippen LogP contribution in [0.3, 0.4) is 0 Å². The molecule has 2 aliphatic rings. The lowest BCUT2D eigenvalue weighted by molar-refractivity contribution is 0.0656. The first kappa shape index (κ1) is 29.6. The molecular weight excluding hydrogens is 588 g/mol. The zero-order valence-electron chi connectivity index (χ0n) is 24.2. The van der Waals surface area contributed by atoms with E-state index in [9.17, 15) is 28.8 Å². The fourth-order valence-corrected chi connectivity index (χ4v) is 5.19. The van der Waals surface area contributed by atoms with Crippen LogP contribution in [0, 0.1) is 0 Å². The Morgan fingerprint density at radius 2 is 0.870 bits per heavy atom. The van der Waals surface area contributed by atoms with Crippen molar-refractivity contribution in [3.8, 4) is 22.6 Å². The van der Waals surface area contributed by atoms with Crippen molar-refractivity contribution in [2.45, 2.75) is 0 Å². The van der Waals surface area contributed by atoms with Crippen LogP contribution in [0.1, 0.15) is 62.1 Å². The van der Waals surface area contributed by atoms with Crippen molar-refractivity contribution in [3.63, 3.8) is 0 Å². The molecule has 6 rings (SSSR count). The van der Waals surface area contributed by atoms with Crippen molar-refractivity contribution in [2.24, 2.45) is 0 Å². The second-order valence-electron chi connectivity index (χ2n) is 10.4. The molecule has 4 aromatic carbocycles. The van der Waals surface area contributed by atoms with Crippen molar-refractivity contribution in [1.29, 1.82) is 0 Å². The summed E-state index contributed by atoms with van der Waals surface area (Å²) >= 11 is 0. The van der Waals surface area contributed by atoms with Crippen LogP contribution < -0.4 is 9.47 Å². The van der Waals surface area contributed by atoms with E-state index in [1.54, 1.807) is 48.5 Å². The zero-order valence-corrected chi connectivity index (χ0v) is 24.2. The van der Waals surface area contributed by atoms with E-state index in [2.05, 4.69) is 13.2 Å². The number of hydrogen-bond acceptors (Lipinski definition) is 8. The number of rotatable bonds is 9. The zero-order chi connectivity index (χ0) is 32.5. The fraction of sp³-hybridized carbons (Fsp3) is 0.0556. The highest BCUT2D eigenvalue weighted by molar-refractivity contribution is 6.22. The first-order valence-corrected chi connectivity index (χ1v) is 14.1. The largest absolute Gasteiger partial charge is 0.423 e. The van der Waals surface area contributed by atoms with Gasteiger partial charge in [0.1, 0.15) is 11.5 Å². The molecule has 4 aromatic rings. The normalized spacial score (nSPS) is 13.4. The van der Waals surface area contributed by atoms with Crippen molar-refractivity contribution >= 4 is 35.6 Å². The highest BCUT2D eigenvalue weighted by Gasteiger charge is 2.36. The molecule has 0 aromatic heterocycles. The number of benzene rings is 4. The standard InChI is InChI=1S/C36H24N2O8/c1-3-17-37-31(39)27-15-9-23(19-29(27)33(37)41)35(43)45-25-11-5-21(6-12-25)22-7-13-26(14-8-22)46-36(44)24-10-16-28-30(20-24)34(42)38(18-4-2)32(28)40/h3-16,19-20H,1-2,17-18H2. The van der Waals surface area contributed by atoms with Gasteiger partial charge in [-0.1, -0.05) is 36.4 Å². The average molecular weight is 613 g/mol. The number of carbonyl (C=O) groups excluding carboxylic acids is 6. The molecular formula is C36H24N2O8. The van der Waals surface area contributed by atoms with Crippen LogP contribution in [-0.2, 0) is 0 Å². The van der Waals surface area contributed by atoms with Crippen molar-refractivity contribution in [2.75, 3.05) is 13.1 Å². The molecule has 10 heteroatoms. The third-order valence-corrected chi connectivity index (χ3v) is 7.50. The van der Waals surface area contributed by atoms with Crippen LogP contribution >= 0.6 is 0 Å². The van der Waals surface area contributed by atoms with Gasteiger partial charge in [-0.25, -0.2) is 9.59 Å². The monoisotopic (exact) mass is 612 g/mol. The average Bonchev–Trinajstić information content (AvgIpc) is 3.45. The van der Waals surface area contributed by atoms with Crippen LogP contribution in [0.2, 0.25) is 0 Å². The molecule has 0 fully saturated rings. The Morgan fingerprint density at radius 3 is 1.22 bits per heavy atom. The maximum absolute atomic E-state index is 12.8. The summed E-state index contributed by atoms with van der Waals surface area (Å²) in [7, 11) is 0. The lowest BCUT2D eigenvalue weighted by atomic mass is 10.0. The van der Waals surface area contributed by atoms with E-state index < -0.39 is 35.6 Å². The van der Waals surface area contributed by atoms with Crippen molar-refractivity contribution in [3.05, 3.63) is 144 Å².